The summed E-state index contributed by atoms with van der Waals surface area (Å²) in [4.78, 5) is 9.92. The SMILES string of the molecule is N#Cc1ccc(-c2ccccc2-c2cc(-n3c4ccccc4c4cc(C#N)ccc43)nc(-n3c4ccccc4c4ccncc43)c2)cc1. The van der Waals surface area contributed by atoms with Crippen LogP contribution in [0.2, 0.25) is 0 Å². The van der Waals surface area contributed by atoms with Gasteiger partial charge in [-0.3, -0.25) is 14.1 Å². The van der Waals surface area contributed by atoms with Crippen molar-refractivity contribution in [2.75, 3.05) is 0 Å². The molecule has 9 rings (SSSR count). The molecule has 0 fully saturated rings. The summed E-state index contributed by atoms with van der Waals surface area (Å²) >= 11 is 0. The topological polar surface area (TPSA) is 83.2 Å². The van der Waals surface area contributed by atoms with Crippen molar-refractivity contribution in [3.8, 4) is 46.0 Å². The summed E-state index contributed by atoms with van der Waals surface area (Å²) in [6.45, 7) is 0. The Kier molecular flexibility index (Phi) is 6.15. The van der Waals surface area contributed by atoms with Crippen LogP contribution in [0.5, 0.6) is 0 Å². The van der Waals surface area contributed by atoms with Gasteiger partial charge in [0.15, 0.2) is 0 Å². The van der Waals surface area contributed by atoms with E-state index >= 15 is 0 Å². The first-order chi connectivity index (χ1) is 23.7. The van der Waals surface area contributed by atoms with E-state index in [4.69, 9.17) is 4.98 Å². The first-order valence-electron chi connectivity index (χ1n) is 15.6. The Balaban J connectivity index is 1.39. The lowest BCUT2D eigenvalue weighted by Crippen LogP contribution is -2.04. The maximum Gasteiger partial charge on any atom is 0.140 e. The lowest BCUT2D eigenvalue weighted by Gasteiger charge is -2.16. The third-order valence-electron chi connectivity index (χ3n) is 9.10. The van der Waals surface area contributed by atoms with E-state index in [0.29, 0.717) is 11.1 Å². The van der Waals surface area contributed by atoms with Gasteiger partial charge >= 0.3 is 0 Å². The number of pyridine rings is 2. The molecule has 48 heavy (non-hydrogen) atoms. The third-order valence-corrected chi connectivity index (χ3v) is 9.10. The first kappa shape index (κ1) is 27.3. The fraction of sp³-hybridized carbons (Fsp3) is 0. The second kappa shape index (κ2) is 10.8. The van der Waals surface area contributed by atoms with Crippen LogP contribution in [0.4, 0.5) is 0 Å². The quantitative estimate of drug-likeness (QED) is 0.198. The molecular formula is C42H24N6. The highest BCUT2D eigenvalue weighted by Crippen LogP contribution is 2.38. The van der Waals surface area contributed by atoms with E-state index in [9.17, 15) is 10.5 Å². The van der Waals surface area contributed by atoms with Crippen molar-refractivity contribution in [1.29, 1.82) is 10.5 Å². The van der Waals surface area contributed by atoms with Crippen LogP contribution in [0.1, 0.15) is 11.1 Å². The molecule has 0 spiro atoms. The van der Waals surface area contributed by atoms with Crippen LogP contribution in [0, 0.1) is 22.7 Å². The normalized spacial score (nSPS) is 11.3. The van der Waals surface area contributed by atoms with E-state index in [1.807, 2.05) is 73.1 Å². The zero-order chi connectivity index (χ0) is 32.2. The van der Waals surface area contributed by atoms with Gasteiger partial charge in [-0.25, -0.2) is 4.98 Å². The average molecular weight is 613 g/mol. The number of para-hydroxylation sites is 2. The summed E-state index contributed by atoms with van der Waals surface area (Å²) in [6, 6.07) is 49.4. The van der Waals surface area contributed by atoms with Gasteiger partial charge in [-0.05, 0) is 82.9 Å². The zero-order valence-electron chi connectivity index (χ0n) is 25.5. The monoisotopic (exact) mass is 612 g/mol. The maximum absolute atomic E-state index is 9.73. The molecule has 6 heteroatoms. The van der Waals surface area contributed by atoms with E-state index in [2.05, 4.69) is 99.1 Å². The fourth-order valence-electron chi connectivity index (χ4n) is 6.95. The van der Waals surface area contributed by atoms with E-state index < -0.39 is 0 Å². The number of nitriles is 2. The Morgan fingerprint density at radius 1 is 0.458 bits per heavy atom. The molecule has 4 aromatic heterocycles. The lowest BCUT2D eigenvalue weighted by atomic mass is 9.94. The molecule has 9 aromatic rings. The van der Waals surface area contributed by atoms with Gasteiger partial charge in [-0.15, -0.1) is 0 Å². The van der Waals surface area contributed by atoms with Crippen molar-refractivity contribution in [2.24, 2.45) is 0 Å². The molecule has 222 valence electrons. The molecule has 0 saturated heterocycles. The Morgan fingerprint density at radius 3 is 1.69 bits per heavy atom. The molecule has 0 N–H and O–H groups in total. The smallest absolute Gasteiger partial charge is 0.140 e. The Labute approximate surface area is 275 Å². The minimum atomic E-state index is 0.613. The number of fused-ring (bicyclic) bond motifs is 6. The predicted molar refractivity (Wildman–Crippen MR) is 191 cm³/mol. The predicted octanol–water partition coefficient (Wildman–Crippen LogP) is 9.75. The van der Waals surface area contributed by atoms with Crippen molar-refractivity contribution >= 4 is 43.6 Å². The van der Waals surface area contributed by atoms with Crippen LogP contribution < -0.4 is 0 Å². The number of hydrogen-bond acceptors (Lipinski definition) is 4. The highest BCUT2D eigenvalue weighted by Gasteiger charge is 2.19. The number of benzene rings is 5. The van der Waals surface area contributed by atoms with Gasteiger partial charge in [0.05, 0.1) is 51.5 Å². The summed E-state index contributed by atoms with van der Waals surface area (Å²) in [6.07, 6.45) is 3.73. The number of rotatable bonds is 4. The molecule has 0 amide bonds. The molecule has 0 bridgehead atoms. The Bertz CT molecular complexity index is 2750. The molecular weight excluding hydrogens is 589 g/mol. The average Bonchev–Trinajstić information content (AvgIpc) is 3.67. The molecule has 0 atom stereocenters. The second-order valence-electron chi connectivity index (χ2n) is 11.7. The molecule has 0 saturated carbocycles. The van der Waals surface area contributed by atoms with Gasteiger partial charge in [0.25, 0.3) is 0 Å². The molecule has 0 radical (unpaired) electrons. The first-order valence-corrected chi connectivity index (χ1v) is 15.6. The highest BCUT2D eigenvalue weighted by atomic mass is 15.1. The highest BCUT2D eigenvalue weighted by molar-refractivity contribution is 6.10. The minimum Gasteiger partial charge on any atom is -0.294 e. The van der Waals surface area contributed by atoms with Gasteiger partial charge in [0.2, 0.25) is 0 Å². The minimum absolute atomic E-state index is 0.613. The summed E-state index contributed by atoms with van der Waals surface area (Å²) < 4.78 is 4.38. The standard InChI is InChI=1S/C42H24N6/c43-24-27-13-16-29(17-14-27)31-7-1-2-8-32(31)30-22-41(47-38-12-6-4-10-34(38)36-21-28(25-44)15-18-39(36)47)46-42(23-30)48-37-11-5-3-9-33(37)35-19-20-45-26-40(35)48/h1-23,26H. The van der Waals surface area contributed by atoms with Gasteiger partial charge in [-0.1, -0.05) is 72.8 Å². The summed E-state index contributed by atoms with van der Waals surface area (Å²) in [7, 11) is 0. The molecule has 0 aliphatic carbocycles. The molecule has 6 nitrogen and oxygen atoms in total. The van der Waals surface area contributed by atoms with E-state index in [1.54, 1.807) is 0 Å². The van der Waals surface area contributed by atoms with Crippen LogP contribution in [0.25, 0.3) is 77.5 Å². The number of hydrogen-bond donors (Lipinski definition) is 0. The number of nitrogens with zero attached hydrogens (tertiary/aromatic N) is 6. The van der Waals surface area contributed by atoms with Gasteiger partial charge in [0, 0.05) is 27.7 Å². The van der Waals surface area contributed by atoms with Crippen molar-refractivity contribution in [3.63, 3.8) is 0 Å². The van der Waals surface area contributed by atoms with Crippen molar-refractivity contribution < 1.29 is 0 Å². The Hall–Kier alpha value is -7.02. The van der Waals surface area contributed by atoms with Crippen LogP contribution in [-0.4, -0.2) is 19.1 Å². The van der Waals surface area contributed by atoms with Crippen LogP contribution in [-0.2, 0) is 0 Å². The molecule has 5 aromatic carbocycles. The van der Waals surface area contributed by atoms with Gasteiger partial charge < -0.3 is 0 Å². The maximum atomic E-state index is 9.73. The molecule has 0 aliphatic rings. The molecule has 0 unspecified atom stereocenters. The zero-order valence-corrected chi connectivity index (χ0v) is 25.5. The summed E-state index contributed by atoms with van der Waals surface area (Å²) in [5.74, 6) is 1.51. The van der Waals surface area contributed by atoms with E-state index in [-0.39, 0.29) is 0 Å². The van der Waals surface area contributed by atoms with Crippen LogP contribution >= 0.6 is 0 Å². The van der Waals surface area contributed by atoms with E-state index in [0.717, 1.165) is 77.5 Å². The fourth-order valence-corrected chi connectivity index (χ4v) is 6.95. The van der Waals surface area contributed by atoms with Gasteiger partial charge in [-0.2, -0.15) is 10.5 Å². The van der Waals surface area contributed by atoms with Crippen molar-refractivity contribution in [3.05, 3.63) is 157 Å². The van der Waals surface area contributed by atoms with Crippen molar-refractivity contribution in [1.82, 2.24) is 19.1 Å². The number of aromatic nitrogens is 4. The van der Waals surface area contributed by atoms with Crippen molar-refractivity contribution in [2.45, 2.75) is 0 Å². The van der Waals surface area contributed by atoms with Gasteiger partial charge in [0.1, 0.15) is 11.6 Å². The third kappa shape index (κ3) is 4.18. The Morgan fingerprint density at radius 2 is 1.00 bits per heavy atom. The lowest BCUT2D eigenvalue weighted by molar-refractivity contribution is 1.01. The largest absolute Gasteiger partial charge is 0.294 e. The summed E-state index contributed by atoms with van der Waals surface area (Å²) in [5.41, 5.74) is 9.31. The molecule has 4 heterocycles. The van der Waals surface area contributed by atoms with Crippen LogP contribution in [0.3, 0.4) is 0 Å². The second-order valence-corrected chi connectivity index (χ2v) is 11.7. The molecule has 0 aliphatic heterocycles. The van der Waals surface area contributed by atoms with E-state index in [1.165, 1.54) is 0 Å². The van der Waals surface area contributed by atoms with Crippen LogP contribution in [0.15, 0.2) is 146 Å². The summed E-state index contributed by atoms with van der Waals surface area (Å²) in [5, 5.41) is 23.4.